The quantitative estimate of drug-likeness (QED) is 0.720. The second-order valence-corrected chi connectivity index (χ2v) is 4.41. The number of carbonyl (C=O) groups is 1. The van der Waals surface area contributed by atoms with Crippen molar-refractivity contribution in [1.29, 1.82) is 0 Å². The Balaban J connectivity index is 0.00000196. The second-order valence-electron chi connectivity index (χ2n) is 4.41. The van der Waals surface area contributed by atoms with Gasteiger partial charge in [-0.1, -0.05) is 13.8 Å². The predicted molar refractivity (Wildman–Crippen MR) is 64.1 cm³/mol. The summed E-state index contributed by atoms with van der Waals surface area (Å²) in [6.07, 6.45) is 0. The smallest absolute Gasteiger partial charge is 0.239 e. The van der Waals surface area contributed by atoms with Crippen molar-refractivity contribution in [3.05, 3.63) is 0 Å². The molecule has 5 heteroatoms. The number of carbonyl (C=O) groups excluding carboxylic acids is 1. The average Bonchev–Trinajstić information content (AvgIpc) is 2.15. The van der Waals surface area contributed by atoms with Gasteiger partial charge in [0.2, 0.25) is 5.91 Å². The second kappa shape index (κ2) is 6.30. The van der Waals surface area contributed by atoms with Crippen molar-refractivity contribution in [2.24, 2.45) is 11.7 Å². The van der Waals surface area contributed by atoms with Crippen LogP contribution in [-0.2, 0) is 4.79 Å². The molecule has 1 saturated heterocycles. The molecule has 1 aliphatic rings. The Morgan fingerprint density at radius 1 is 1.53 bits per heavy atom. The normalized spacial score (nSPS) is 23.5. The summed E-state index contributed by atoms with van der Waals surface area (Å²) in [5.74, 6) is 0.307. The van der Waals surface area contributed by atoms with Crippen LogP contribution in [0.3, 0.4) is 0 Å². The lowest BCUT2D eigenvalue weighted by Gasteiger charge is -2.34. The van der Waals surface area contributed by atoms with Crippen LogP contribution in [0.5, 0.6) is 0 Å². The van der Waals surface area contributed by atoms with Gasteiger partial charge in [-0.25, -0.2) is 0 Å². The first-order valence-electron chi connectivity index (χ1n) is 5.30. The fraction of sp³-hybridized carbons (Fsp3) is 0.900. The van der Waals surface area contributed by atoms with Crippen LogP contribution in [0.2, 0.25) is 0 Å². The number of piperazine rings is 1. The van der Waals surface area contributed by atoms with Crippen LogP contribution < -0.4 is 11.1 Å². The first-order chi connectivity index (χ1) is 6.52. The fourth-order valence-electron chi connectivity index (χ4n) is 1.63. The van der Waals surface area contributed by atoms with E-state index in [1.807, 2.05) is 18.7 Å². The minimum absolute atomic E-state index is 0. The van der Waals surface area contributed by atoms with Crippen LogP contribution in [0, 0.1) is 5.92 Å². The number of nitrogens with one attached hydrogen (secondary N) is 1. The van der Waals surface area contributed by atoms with Crippen LogP contribution in [0.15, 0.2) is 0 Å². The molecule has 4 nitrogen and oxygen atoms in total. The Morgan fingerprint density at radius 2 is 2.13 bits per heavy atom. The Kier molecular flexibility index (Phi) is 6.17. The highest BCUT2D eigenvalue weighted by molar-refractivity contribution is 5.85. The molecule has 0 bridgehead atoms. The minimum atomic E-state index is -0.347. The molecule has 0 spiro atoms. The summed E-state index contributed by atoms with van der Waals surface area (Å²) < 4.78 is 0. The molecule has 1 aliphatic heterocycles. The summed E-state index contributed by atoms with van der Waals surface area (Å²) in [5.41, 5.74) is 5.82. The topological polar surface area (TPSA) is 58.4 Å². The summed E-state index contributed by atoms with van der Waals surface area (Å²) in [6, 6.07) is 0.0346. The van der Waals surface area contributed by atoms with Gasteiger partial charge in [-0.05, 0) is 12.8 Å². The summed E-state index contributed by atoms with van der Waals surface area (Å²) in [4.78, 5) is 13.7. The number of hydrogen-bond acceptors (Lipinski definition) is 3. The lowest BCUT2D eigenvalue weighted by Crippen LogP contribution is -2.56. The van der Waals surface area contributed by atoms with Crippen molar-refractivity contribution in [2.45, 2.75) is 32.9 Å². The Labute approximate surface area is 98.0 Å². The Hall–Kier alpha value is -0.320. The highest BCUT2D eigenvalue weighted by atomic mass is 35.5. The van der Waals surface area contributed by atoms with Gasteiger partial charge >= 0.3 is 0 Å². The van der Waals surface area contributed by atoms with E-state index in [0.717, 1.165) is 19.6 Å². The zero-order chi connectivity index (χ0) is 10.7. The number of halogens is 1. The number of rotatable bonds is 2. The SMILES string of the molecule is CC(C)C(N)C(=O)N1CCN[C@H](C)C1.Cl. The molecule has 0 aliphatic carbocycles. The average molecular weight is 236 g/mol. The third-order valence-electron chi connectivity index (χ3n) is 2.68. The molecule has 1 rings (SSSR count). The fourth-order valence-corrected chi connectivity index (χ4v) is 1.63. The van der Waals surface area contributed by atoms with E-state index < -0.39 is 0 Å². The van der Waals surface area contributed by atoms with Crippen molar-refractivity contribution in [3.63, 3.8) is 0 Å². The molecule has 0 aromatic carbocycles. The maximum Gasteiger partial charge on any atom is 0.239 e. The molecule has 0 aromatic rings. The van der Waals surface area contributed by atoms with Crippen LogP contribution in [0.1, 0.15) is 20.8 Å². The van der Waals surface area contributed by atoms with Gasteiger partial charge in [0.15, 0.2) is 0 Å². The molecule has 1 fully saturated rings. The van der Waals surface area contributed by atoms with Crippen LogP contribution in [0.25, 0.3) is 0 Å². The zero-order valence-corrected chi connectivity index (χ0v) is 10.5. The van der Waals surface area contributed by atoms with Gasteiger partial charge in [0.25, 0.3) is 0 Å². The van der Waals surface area contributed by atoms with Gasteiger partial charge < -0.3 is 16.0 Å². The number of amides is 1. The predicted octanol–water partition coefficient (Wildman–Crippen LogP) is 0.212. The van der Waals surface area contributed by atoms with E-state index in [-0.39, 0.29) is 30.3 Å². The molecule has 90 valence electrons. The summed E-state index contributed by atoms with van der Waals surface area (Å²) in [6.45, 7) is 8.48. The van der Waals surface area contributed by atoms with E-state index in [4.69, 9.17) is 5.73 Å². The molecule has 2 atom stereocenters. The lowest BCUT2D eigenvalue weighted by molar-refractivity contribution is -0.134. The lowest BCUT2D eigenvalue weighted by atomic mass is 10.0. The molecule has 3 N–H and O–H groups in total. The van der Waals surface area contributed by atoms with Crippen LogP contribution >= 0.6 is 12.4 Å². The van der Waals surface area contributed by atoms with Crippen LogP contribution in [-0.4, -0.2) is 42.5 Å². The standard InChI is InChI=1S/C10H21N3O.ClH/c1-7(2)9(11)10(14)13-5-4-12-8(3)6-13;/h7-9,12H,4-6,11H2,1-3H3;1H/t8-,9?;/m1./s1. The molecule has 1 heterocycles. The molecule has 1 unspecified atom stereocenters. The van der Waals surface area contributed by atoms with Crippen molar-refractivity contribution < 1.29 is 4.79 Å². The molecule has 0 radical (unpaired) electrons. The summed E-state index contributed by atoms with van der Waals surface area (Å²) in [5, 5.41) is 3.30. The highest BCUT2D eigenvalue weighted by Gasteiger charge is 2.26. The van der Waals surface area contributed by atoms with E-state index >= 15 is 0 Å². The number of nitrogens with two attached hydrogens (primary N) is 1. The van der Waals surface area contributed by atoms with E-state index in [1.165, 1.54) is 0 Å². The van der Waals surface area contributed by atoms with Crippen molar-refractivity contribution in [1.82, 2.24) is 10.2 Å². The van der Waals surface area contributed by atoms with Gasteiger partial charge in [-0.3, -0.25) is 4.79 Å². The summed E-state index contributed by atoms with van der Waals surface area (Å²) in [7, 11) is 0. The third kappa shape index (κ3) is 3.97. The van der Waals surface area contributed by atoms with E-state index in [0.29, 0.717) is 6.04 Å². The number of hydrogen-bond donors (Lipinski definition) is 2. The van der Waals surface area contributed by atoms with Crippen molar-refractivity contribution in [2.75, 3.05) is 19.6 Å². The minimum Gasteiger partial charge on any atom is -0.339 e. The first-order valence-corrected chi connectivity index (χ1v) is 5.30. The molecule has 1 amide bonds. The molecule has 15 heavy (non-hydrogen) atoms. The van der Waals surface area contributed by atoms with Crippen molar-refractivity contribution in [3.8, 4) is 0 Å². The largest absolute Gasteiger partial charge is 0.339 e. The van der Waals surface area contributed by atoms with Crippen molar-refractivity contribution >= 4 is 18.3 Å². The van der Waals surface area contributed by atoms with Gasteiger partial charge in [0.1, 0.15) is 0 Å². The van der Waals surface area contributed by atoms with E-state index in [1.54, 1.807) is 0 Å². The Morgan fingerprint density at radius 3 is 2.60 bits per heavy atom. The van der Waals surface area contributed by atoms with Gasteiger partial charge in [-0.2, -0.15) is 0 Å². The van der Waals surface area contributed by atoms with Gasteiger partial charge in [-0.15, -0.1) is 12.4 Å². The molecule has 0 aromatic heterocycles. The maximum absolute atomic E-state index is 11.9. The van der Waals surface area contributed by atoms with E-state index in [2.05, 4.69) is 12.2 Å². The van der Waals surface area contributed by atoms with Gasteiger partial charge in [0, 0.05) is 25.7 Å². The zero-order valence-electron chi connectivity index (χ0n) is 9.69. The first kappa shape index (κ1) is 14.7. The molecular weight excluding hydrogens is 214 g/mol. The third-order valence-corrected chi connectivity index (χ3v) is 2.68. The number of nitrogens with zero attached hydrogens (tertiary/aromatic N) is 1. The summed E-state index contributed by atoms with van der Waals surface area (Å²) >= 11 is 0. The highest BCUT2D eigenvalue weighted by Crippen LogP contribution is 2.06. The van der Waals surface area contributed by atoms with Crippen LogP contribution in [0.4, 0.5) is 0 Å². The molecular formula is C10H22ClN3O. The Bertz CT molecular complexity index is 211. The monoisotopic (exact) mass is 235 g/mol. The van der Waals surface area contributed by atoms with Gasteiger partial charge in [0.05, 0.1) is 6.04 Å². The maximum atomic E-state index is 11.9. The van der Waals surface area contributed by atoms with E-state index in [9.17, 15) is 4.79 Å². The molecule has 0 saturated carbocycles.